The lowest BCUT2D eigenvalue weighted by Crippen LogP contribution is -2.24. The summed E-state index contributed by atoms with van der Waals surface area (Å²) in [5.74, 6) is 0. The number of hydrogen-bond donors (Lipinski definition) is 1. The maximum absolute atomic E-state index is 11.1. The van der Waals surface area contributed by atoms with Gasteiger partial charge in [0.2, 0.25) is 10.0 Å². The fourth-order valence-corrected chi connectivity index (χ4v) is 1.85. The Morgan fingerprint density at radius 1 is 1.57 bits per heavy atom. The Morgan fingerprint density at radius 2 is 2.29 bits per heavy atom. The van der Waals surface area contributed by atoms with Gasteiger partial charge in [-0.3, -0.25) is 4.98 Å². The zero-order valence-corrected chi connectivity index (χ0v) is 10.1. The zero-order chi connectivity index (χ0) is 10.6. The van der Waals surface area contributed by atoms with E-state index >= 15 is 0 Å². The molecular weight excluding hydrogens is 268 g/mol. The van der Waals surface area contributed by atoms with Crippen molar-refractivity contribution in [2.45, 2.75) is 13.5 Å². The van der Waals surface area contributed by atoms with Crippen LogP contribution in [0.25, 0.3) is 0 Å². The van der Waals surface area contributed by atoms with Gasteiger partial charge in [-0.2, -0.15) is 0 Å². The van der Waals surface area contributed by atoms with Gasteiger partial charge in [-0.15, -0.1) is 0 Å². The van der Waals surface area contributed by atoms with Crippen molar-refractivity contribution in [2.75, 3.05) is 4.66 Å². The lowest BCUT2D eigenvalue weighted by Gasteiger charge is -2.05. The van der Waals surface area contributed by atoms with Crippen molar-refractivity contribution in [3.63, 3.8) is 0 Å². The lowest BCUT2D eigenvalue weighted by atomic mass is 10.2. The SMILES string of the molecule is Cc1ccncc1CNS(=O)(=O)CBr. The van der Waals surface area contributed by atoms with Gasteiger partial charge in [0.15, 0.2) is 0 Å². The second-order valence-corrected chi connectivity index (χ2v) is 5.96. The minimum Gasteiger partial charge on any atom is -0.264 e. The van der Waals surface area contributed by atoms with Crippen LogP contribution < -0.4 is 4.72 Å². The predicted octanol–water partition coefficient (Wildman–Crippen LogP) is 1.16. The van der Waals surface area contributed by atoms with Crippen molar-refractivity contribution < 1.29 is 8.42 Å². The molecule has 0 amide bonds. The van der Waals surface area contributed by atoms with Crippen molar-refractivity contribution >= 4 is 26.0 Å². The number of sulfonamides is 1. The van der Waals surface area contributed by atoms with Gasteiger partial charge < -0.3 is 0 Å². The van der Waals surface area contributed by atoms with Gasteiger partial charge in [0.05, 0.1) is 0 Å². The molecule has 78 valence electrons. The standard InChI is InChI=1S/C8H11BrN2O2S/c1-7-2-3-10-4-8(7)5-11-14(12,13)6-9/h2-4,11H,5-6H2,1H3. The summed E-state index contributed by atoms with van der Waals surface area (Å²) in [5.41, 5.74) is 1.91. The van der Waals surface area contributed by atoms with Crippen LogP contribution in [0.4, 0.5) is 0 Å². The zero-order valence-electron chi connectivity index (χ0n) is 7.70. The molecule has 0 unspecified atom stereocenters. The minimum absolute atomic E-state index is 0.0840. The van der Waals surface area contributed by atoms with Crippen LogP contribution in [0.15, 0.2) is 18.5 Å². The molecule has 0 aliphatic heterocycles. The molecule has 0 aromatic carbocycles. The first kappa shape index (κ1) is 11.6. The molecule has 1 aromatic rings. The van der Waals surface area contributed by atoms with Gasteiger partial charge in [-0.1, -0.05) is 15.9 Å². The van der Waals surface area contributed by atoms with Crippen molar-refractivity contribution in [3.05, 3.63) is 29.6 Å². The van der Waals surface area contributed by atoms with E-state index < -0.39 is 10.0 Å². The Morgan fingerprint density at radius 3 is 2.86 bits per heavy atom. The first-order valence-electron chi connectivity index (χ1n) is 3.98. The molecule has 1 aromatic heterocycles. The highest BCUT2D eigenvalue weighted by atomic mass is 79.9. The second kappa shape index (κ2) is 4.86. The third kappa shape index (κ3) is 3.36. The van der Waals surface area contributed by atoms with Gasteiger partial charge in [0.1, 0.15) is 4.66 Å². The van der Waals surface area contributed by atoms with Crippen LogP contribution in [0.5, 0.6) is 0 Å². The van der Waals surface area contributed by atoms with E-state index in [0.717, 1.165) is 11.1 Å². The van der Waals surface area contributed by atoms with Crippen LogP contribution in [-0.2, 0) is 16.6 Å². The lowest BCUT2D eigenvalue weighted by molar-refractivity contribution is 0.586. The van der Waals surface area contributed by atoms with E-state index in [4.69, 9.17) is 0 Å². The normalized spacial score (nSPS) is 11.6. The monoisotopic (exact) mass is 278 g/mol. The molecule has 6 heteroatoms. The smallest absolute Gasteiger partial charge is 0.221 e. The molecule has 1 heterocycles. The summed E-state index contributed by atoms with van der Waals surface area (Å²) < 4.78 is 24.6. The number of pyridine rings is 1. The Balaban J connectivity index is 2.68. The van der Waals surface area contributed by atoms with E-state index in [-0.39, 0.29) is 11.2 Å². The molecular formula is C8H11BrN2O2S. The quantitative estimate of drug-likeness (QED) is 0.841. The topological polar surface area (TPSA) is 59.1 Å². The molecule has 0 aliphatic rings. The molecule has 1 rings (SSSR count). The van der Waals surface area contributed by atoms with Gasteiger partial charge >= 0.3 is 0 Å². The highest BCUT2D eigenvalue weighted by Gasteiger charge is 2.07. The van der Waals surface area contributed by atoms with E-state index in [0.29, 0.717) is 0 Å². The van der Waals surface area contributed by atoms with Crippen LogP contribution in [0.1, 0.15) is 11.1 Å². The molecule has 0 aliphatic carbocycles. The number of nitrogens with zero attached hydrogens (tertiary/aromatic N) is 1. The summed E-state index contributed by atoms with van der Waals surface area (Å²) in [5, 5.41) is 0. The third-order valence-electron chi connectivity index (χ3n) is 1.77. The van der Waals surface area contributed by atoms with E-state index in [1.54, 1.807) is 12.4 Å². The maximum atomic E-state index is 11.1. The molecule has 0 saturated heterocycles. The van der Waals surface area contributed by atoms with Crippen LogP contribution in [0, 0.1) is 6.92 Å². The molecule has 14 heavy (non-hydrogen) atoms. The molecule has 4 nitrogen and oxygen atoms in total. The molecule has 0 atom stereocenters. The van der Waals surface area contributed by atoms with Gasteiger partial charge in [-0.05, 0) is 24.1 Å². The minimum atomic E-state index is -3.20. The average Bonchev–Trinajstić information content (AvgIpc) is 2.17. The van der Waals surface area contributed by atoms with Crippen LogP contribution in [-0.4, -0.2) is 18.1 Å². The number of hydrogen-bond acceptors (Lipinski definition) is 3. The van der Waals surface area contributed by atoms with Crippen LogP contribution in [0.2, 0.25) is 0 Å². The Hall–Kier alpha value is -0.460. The molecule has 1 N–H and O–H groups in total. The number of aryl methyl sites for hydroxylation is 1. The maximum Gasteiger partial charge on any atom is 0.221 e. The van der Waals surface area contributed by atoms with E-state index in [1.165, 1.54) is 0 Å². The number of rotatable bonds is 4. The molecule has 0 spiro atoms. The number of alkyl halides is 1. The van der Waals surface area contributed by atoms with Gasteiger partial charge in [-0.25, -0.2) is 13.1 Å². The van der Waals surface area contributed by atoms with Gasteiger partial charge in [0.25, 0.3) is 0 Å². The summed E-state index contributed by atoms with van der Waals surface area (Å²) in [4.78, 5) is 3.93. The third-order valence-corrected chi connectivity index (χ3v) is 4.45. The Kier molecular flexibility index (Phi) is 4.03. The van der Waals surface area contributed by atoms with Crippen molar-refractivity contribution in [3.8, 4) is 0 Å². The van der Waals surface area contributed by atoms with E-state index in [2.05, 4.69) is 25.6 Å². The predicted molar refractivity (Wildman–Crippen MR) is 58.5 cm³/mol. The fourth-order valence-electron chi connectivity index (χ4n) is 0.908. The second-order valence-electron chi connectivity index (χ2n) is 2.85. The first-order chi connectivity index (χ1) is 6.55. The summed E-state index contributed by atoms with van der Waals surface area (Å²) >= 11 is 2.90. The number of nitrogens with one attached hydrogen (secondary N) is 1. The fraction of sp³-hybridized carbons (Fsp3) is 0.375. The largest absolute Gasteiger partial charge is 0.264 e. The Labute approximate surface area is 91.9 Å². The molecule has 0 bridgehead atoms. The highest BCUT2D eigenvalue weighted by molar-refractivity contribution is 9.10. The molecule has 0 radical (unpaired) electrons. The first-order valence-corrected chi connectivity index (χ1v) is 6.75. The highest BCUT2D eigenvalue weighted by Crippen LogP contribution is 2.05. The molecule has 0 fully saturated rings. The summed E-state index contributed by atoms with van der Waals surface area (Å²) in [6, 6.07) is 1.85. The van der Waals surface area contributed by atoms with E-state index in [1.807, 2.05) is 13.0 Å². The average molecular weight is 279 g/mol. The molecule has 0 saturated carbocycles. The number of aromatic nitrogens is 1. The summed E-state index contributed by atoms with van der Waals surface area (Å²) in [7, 11) is -3.20. The van der Waals surface area contributed by atoms with Crippen molar-refractivity contribution in [1.82, 2.24) is 9.71 Å². The number of halogens is 1. The van der Waals surface area contributed by atoms with Gasteiger partial charge in [0, 0.05) is 18.9 Å². The van der Waals surface area contributed by atoms with Crippen LogP contribution >= 0.6 is 15.9 Å². The van der Waals surface area contributed by atoms with Crippen LogP contribution in [0.3, 0.4) is 0 Å². The Bertz CT molecular complexity index is 406. The van der Waals surface area contributed by atoms with Crippen molar-refractivity contribution in [1.29, 1.82) is 0 Å². The van der Waals surface area contributed by atoms with E-state index in [9.17, 15) is 8.42 Å². The van der Waals surface area contributed by atoms with Crippen molar-refractivity contribution in [2.24, 2.45) is 0 Å². The summed E-state index contributed by atoms with van der Waals surface area (Å²) in [6.45, 7) is 2.20. The summed E-state index contributed by atoms with van der Waals surface area (Å²) in [6.07, 6.45) is 3.34.